The third-order valence-electron chi connectivity index (χ3n) is 6.30. The van der Waals surface area contributed by atoms with Gasteiger partial charge in [0.05, 0.1) is 26.5 Å². The molecule has 2 aliphatic rings. The van der Waals surface area contributed by atoms with Crippen LogP contribution in [0.5, 0.6) is 11.5 Å². The van der Waals surface area contributed by atoms with Crippen molar-refractivity contribution in [2.75, 3.05) is 44.3 Å². The van der Waals surface area contributed by atoms with E-state index in [-0.39, 0.29) is 18.0 Å². The Kier molecular flexibility index (Phi) is 5.32. The van der Waals surface area contributed by atoms with E-state index in [4.69, 9.17) is 14.2 Å². The van der Waals surface area contributed by atoms with E-state index in [1.807, 2.05) is 6.07 Å². The van der Waals surface area contributed by atoms with Crippen molar-refractivity contribution in [3.8, 4) is 11.5 Å². The predicted octanol–water partition coefficient (Wildman–Crippen LogP) is 4.01. The molecule has 1 N–H and O–H groups in total. The molecule has 0 aliphatic carbocycles. The third kappa shape index (κ3) is 3.45. The maximum absolute atomic E-state index is 15.1. The number of hydrogen-bond acceptors (Lipinski definition) is 5. The molecule has 8 nitrogen and oxygen atoms in total. The number of halogens is 2. The van der Waals surface area contributed by atoms with Gasteiger partial charge in [0, 0.05) is 49.2 Å². The molecule has 2 amide bonds. The largest absolute Gasteiger partial charge is 0.493 e. The summed E-state index contributed by atoms with van der Waals surface area (Å²) in [6.45, 7) is 1.45. The van der Waals surface area contributed by atoms with Gasteiger partial charge in [-0.2, -0.15) is 0 Å². The van der Waals surface area contributed by atoms with Crippen LogP contribution in [0.1, 0.15) is 17.7 Å². The monoisotopic (exact) mass is 458 g/mol. The molecule has 174 valence electrons. The number of nitrogens with zero attached hydrogens (tertiary/aromatic N) is 3. The van der Waals surface area contributed by atoms with E-state index in [0.29, 0.717) is 22.8 Å². The molecule has 5 rings (SSSR count). The zero-order valence-corrected chi connectivity index (χ0v) is 18.6. The van der Waals surface area contributed by atoms with E-state index in [2.05, 4.69) is 9.97 Å². The molecule has 0 spiro atoms. The number of urea groups is 1. The number of pyridine rings is 1. The van der Waals surface area contributed by atoms with Crippen molar-refractivity contribution >= 4 is 28.4 Å². The van der Waals surface area contributed by atoms with E-state index >= 15 is 8.78 Å². The van der Waals surface area contributed by atoms with Crippen LogP contribution < -0.4 is 19.3 Å². The number of methoxy groups -OCH3 is 2. The Hall–Kier alpha value is -3.40. The summed E-state index contributed by atoms with van der Waals surface area (Å²) >= 11 is 0. The van der Waals surface area contributed by atoms with Gasteiger partial charge < -0.3 is 19.2 Å². The molecular weight excluding hydrogens is 434 g/mol. The van der Waals surface area contributed by atoms with Crippen molar-refractivity contribution in [2.45, 2.75) is 19.4 Å². The van der Waals surface area contributed by atoms with E-state index < -0.39 is 23.4 Å². The van der Waals surface area contributed by atoms with Gasteiger partial charge in [0.25, 0.3) is 0 Å². The summed E-state index contributed by atoms with van der Waals surface area (Å²) in [4.78, 5) is 23.6. The molecule has 2 aromatic heterocycles. The second-order valence-electron chi connectivity index (χ2n) is 8.31. The fourth-order valence-electron chi connectivity index (χ4n) is 4.63. The molecule has 10 heteroatoms. The summed E-state index contributed by atoms with van der Waals surface area (Å²) in [6.07, 6.45) is 3.46. The summed E-state index contributed by atoms with van der Waals surface area (Å²) in [7, 11) is 4.11. The van der Waals surface area contributed by atoms with Gasteiger partial charge in [0.1, 0.15) is 11.3 Å². The molecule has 0 saturated carbocycles. The number of carbonyl (C=O) groups excluding carboxylic acids is 1. The van der Waals surface area contributed by atoms with Crippen LogP contribution in [-0.2, 0) is 17.7 Å². The number of aromatic nitrogens is 2. The minimum atomic E-state index is -0.974. The zero-order chi connectivity index (χ0) is 23.3. The lowest BCUT2D eigenvalue weighted by Gasteiger charge is -2.35. The summed E-state index contributed by atoms with van der Waals surface area (Å²) in [5, 5.41) is 0.793. The third-order valence-corrected chi connectivity index (χ3v) is 6.30. The number of ether oxygens (including phenoxy) is 3. The number of aromatic amines is 1. The number of amides is 2. The molecule has 1 fully saturated rings. The molecule has 1 atom stereocenters. The first-order valence-corrected chi connectivity index (χ1v) is 10.6. The molecule has 1 aromatic carbocycles. The van der Waals surface area contributed by atoms with Gasteiger partial charge in [-0.05, 0) is 24.8 Å². The van der Waals surface area contributed by atoms with Gasteiger partial charge in [0.15, 0.2) is 23.1 Å². The molecule has 1 saturated heterocycles. The number of rotatable bonds is 5. The normalized spacial score (nSPS) is 18.2. The predicted molar refractivity (Wildman–Crippen MR) is 118 cm³/mol. The van der Waals surface area contributed by atoms with Crippen LogP contribution in [0.25, 0.3) is 11.0 Å². The lowest BCUT2D eigenvalue weighted by molar-refractivity contribution is 0.185. The number of nitrogens with one attached hydrogen (secondary N) is 1. The van der Waals surface area contributed by atoms with Crippen molar-refractivity contribution in [3.05, 3.63) is 41.2 Å². The van der Waals surface area contributed by atoms with Crippen LogP contribution >= 0.6 is 0 Å². The van der Waals surface area contributed by atoms with E-state index in [1.165, 1.54) is 19.1 Å². The van der Waals surface area contributed by atoms with Crippen molar-refractivity contribution in [3.63, 3.8) is 0 Å². The van der Waals surface area contributed by atoms with Gasteiger partial charge in [-0.1, -0.05) is 0 Å². The Bertz CT molecular complexity index is 1210. The first kappa shape index (κ1) is 21.4. The zero-order valence-electron chi connectivity index (χ0n) is 18.6. The Balaban J connectivity index is 1.57. The summed E-state index contributed by atoms with van der Waals surface area (Å²) in [6, 6.07) is 2.53. The molecule has 4 heterocycles. The Morgan fingerprint density at radius 3 is 2.55 bits per heavy atom. The van der Waals surface area contributed by atoms with Gasteiger partial charge in [-0.3, -0.25) is 9.80 Å². The van der Waals surface area contributed by atoms with Crippen molar-refractivity contribution in [1.29, 1.82) is 0 Å². The van der Waals surface area contributed by atoms with Crippen LogP contribution in [-0.4, -0.2) is 50.5 Å². The highest BCUT2D eigenvalue weighted by Gasteiger charge is 2.36. The molecular formula is C23H24F2N4O4. The maximum Gasteiger partial charge on any atom is 0.329 e. The number of fused-ring (bicyclic) bond motifs is 3. The van der Waals surface area contributed by atoms with E-state index in [1.54, 1.807) is 13.2 Å². The standard InChI is InChI=1S/C23H24F2N4O4/c1-28-20-13(9-26-22-15(20)7-14(27-22)6-12-4-5-33-11-12)10-29(23(28)30)21-18(24)16(31-2)8-17(32-3)19(21)25/h7-9,12H,4-6,10-11H2,1-3H3,(H,26,27)/t12-/m1/s1. The van der Waals surface area contributed by atoms with Crippen molar-refractivity contribution < 1.29 is 27.8 Å². The van der Waals surface area contributed by atoms with Crippen molar-refractivity contribution in [1.82, 2.24) is 9.97 Å². The second-order valence-corrected chi connectivity index (χ2v) is 8.31. The summed E-state index contributed by atoms with van der Waals surface area (Å²) in [5.74, 6) is -1.94. The quantitative estimate of drug-likeness (QED) is 0.625. The molecule has 2 aliphatic heterocycles. The minimum Gasteiger partial charge on any atom is -0.493 e. The average Bonchev–Trinajstić information content (AvgIpc) is 3.46. The number of anilines is 2. The van der Waals surface area contributed by atoms with Gasteiger partial charge >= 0.3 is 6.03 Å². The smallest absolute Gasteiger partial charge is 0.329 e. The highest BCUT2D eigenvalue weighted by atomic mass is 19.1. The molecule has 33 heavy (non-hydrogen) atoms. The molecule has 0 unspecified atom stereocenters. The van der Waals surface area contributed by atoms with Gasteiger partial charge in [-0.25, -0.2) is 18.6 Å². The fourth-order valence-corrected chi connectivity index (χ4v) is 4.63. The molecule has 3 aromatic rings. The van der Waals surface area contributed by atoms with Crippen LogP contribution in [0.3, 0.4) is 0 Å². The highest BCUT2D eigenvalue weighted by molar-refractivity contribution is 6.11. The Labute approximate surface area is 189 Å². The van der Waals surface area contributed by atoms with Gasteiger partial charge in [-0.15, -0.1) is 0 Å². The second kappa shape index (κ2) is 8.18. The Morgan fingerprint density at radius 2 is 1.91 bits per heavy atom. The highest BCUT2D eigenvalue weighted by Crippen LogP contribution is 2.42. The average molecular weight is 458 g/mol. The number of carbonyl (C=O) groups is 1. The SMILES string of the molecule is COc1cc(OC)c(F)c(N2Cc3cnc4[nH]c(C[C@H]5CCOC5)cc4c3N(C)C2=O)c1F. The van der Waals surface area contributed by atoms with Crippen LogP contribution in [0.2, 0.25) is 0 Å². The lowest BCUT2D eigenvalue weighted by atomic mass is 10.0. The summed E-state index contributed by atoms with van der Waals surface area (Å²) < 4.78 is 45.7. The topological polar surface area (TPSA) is 79.9 Å². The van der Waals surface area contributed by atoms with Gasteiger partial charge in [0.2, 0.25) is 0 Å². The van der Waals surface area contributed by atoms with Crippen molar-refractivity contribution in [2.24, 2.45) is 5.92 Å². The Morgan fingerprint density at radius 1 is 1.18 bits per heavy atom. The van der Waals surface area contributed by atoms with E-state index in [9.17, 15) is 4.79 Å². The first-order valence-electron chi connectivity index (χ1n) is 10.6. The minimum absolute atomic E-state index is 0.0530. The number of benzene rings is 1. The van der Waals surface area contributed by atoms with Crippen LogP contribution in [0.4, 0.5) is 25.0 Å². The summed E-state index contributed by atoms with van der Waals surface area (Å²) in [5.41, 5.74) is 2.49. The number of hydrogen-bond donors (Lipinski definition) is 1. The molecule has 0 bridgehead atoms. The maximum atomic E-state index is 15.1. The first-order chi connectivity index (χ1) is 15.9. The fraction of sp³-hybridized carbons (Fsp3) is 0.391. The van der Waals surface area contributed by atoms with E-state index in [0.717, 1.165) is 48.1 Å². The van der Waals surface area contributed by atoms with Crippen LogP contribution in [0, 0.1) is 17.6 Å². The lowest BCUT2D eigenvalue weighted by Crippen LogP contribution is -2.46. The van der Waals surface area contributed by atoms with Crippen LogP contribution in [0.15, 0.2) is 18.3 Å². The number of H-pyrrole nitrogens is 1. The molecule has 0 radical (unpaired) electrons.